The molecular formula is C24H22N6. The van der Waals surface area contributed by atoms with Crippen LogP contribution in [0.5, 0.6) is 0 Å². The topological polar surface area (TPSA) is 69.8 Å². The highest BCUT2D eigenvalue weighted by Gasteiger charge is 2.23. The Labute approximate surface area is 175 Å². The first-order valence-electron chi connectivity index (χ1n) is 10.1. The lowest BCUT2D eigenvalue weighted by Crippen LogP contribution is -2.49. The van der Waals surface area contributed by atoms with E-state index in [1.807, 2.05) is 42.5 Å². The van der Waals surface area contributed by atoms with E-state index in [0.29, 0.717) is 11.6 Å². The molecule has 0 amide bonds. The fraction of sp³-hybridized carbons (Fsp3) is 0.208. The lowest BCUT2D eigenvalue weighted by Gasteiger charge is -2.33. The van der Waals surface area contributed by atoms with Crippen molar-refractivity contribution < 1.29 is 0 Å². The minimum Gasteiger partial charge on any atom is -0.353 e. The monoisotopic (exact) mass is 394 g/mol. The first-order valence-corrected chi connectivity index (χ1v) is 10.1. The van der Waals surface area contributed by atoms with Crippen LogP contribution >= 0.6 is 0 Å². The SMILES string of the molecule is CC1CN(c2ncnc3c2c(-c2ccccc2)cn3-c2cccc(C#N)c2)CCN1. The summed E-state index contributed by atoms with van der Waals surface area (Å²) in [5.41, 5.74) is 4.60. The van der Waals surface area contributed by atoms with Crippen molar-refractivity contribution in [2.45, 2.75) is 13.0 Å². The highest BCUT2D eigenvalue weighted by atomic mass is 15.3. The van der Waals surface area contributed by atoms with Crippen LogP contribution in [0.3, 0.4) is 0 Å². The Kier molecular flexibility index (Phi) is 4.66. The Hall–Kier alpha value is -3.69. The van der Waals surface area contributed by atoms with Crippen LogP contribution in [0, 0.1) is 11.3 Å². The van der Waals surface area contributed by atoms with Crippen LogP contribution in [0.15, 0.2) is 67.1 Å². The summed E-state index contributed by atoms with van der Waals surface area (Å²) in [5, 5.41) is 13.9. The Morgan fingerprint density at radius 2 is 1.97 bits per heavy atom. The number of piperazine rings is 1. The second-order valence-electron chi connectivity index (χ2n) is 7.64. The van der Waals surface area contributed by atoms with Crippen molar-refractivity contribution >= 4 is 16.9 Å². The number of rotatable bonds is 3. The van der Waals surface area contributed by atoms with Crippen molar-refractivity contribution in [3.05, 3.63) is 72.7 Å². The van der Waals surface area contributed by atoms with Crippen LogP contribution < -0.4 is 10.2 Å². The fourth-order valence-corrected chi connectivity index (χ4v) is 4.17. The van der Waals surface area contributed by atoms with Gasteiger partial charge in [-0.25, -0.2) is 9.97 Å². The summed E-state index contributed by atoms with van der Waals surface area (Å²) < 4.78 is 2.06. The second kappa shape index (κ2) is 7.62. The van der Waals surface area contributed by atoms with Gasteiger partial charge >= 0.3 is 0 Å². The van der Waals surface area contributed by atoms with E-state index in [1.165, 1.54) is 0 Å². The van der Waals surface area contributed by atoms with Gasteiger partial charge in [-0.05, 0) is 30.7 Å². The van der Waals surface area contributed by atoms with Gasteiger partial charge in [0.25, 0.3) is 0 Å². The molecule has 1 aliphatic heterocycles. The number of hydrogen-bond donors (Lipinski definition) is 1. The van der Waals surface area contributed by atoms with Crippen molar-refractivity contribution in [1.29, 1.82) is 5.26 Å². The molecule has 0 bridgehead atoms. The highest BCUT2D eigenvalue weighted by molar-refractivity contribution is 6.02. The molecule has 0 saturated carbocycles. The smallest absolute Gasteiger partial charge is 0.150 e. The molecule has 30 heavy (non-hydrogen) atoms. The van der Waals surface area contributed by atoms with Gasteiger partial charge in [0.15, 0.2) is 5.65 Å². The first-order chi connectivity index (χ1) is 14.7. The van der Waals surface area contributed by atoms with Gasteiger partial charge in [-0.1, -0.05) is 36.4 Å². The summed E-state index contributed by atoms with van der Waals surface area (Å²) in [4.78, 5) is 11.7. The van der Waals surface area contributed by atoms with Crippen LogP contribution in [0.25, 0.3) is 27.8 Å². The molecule has 1 unspecified atom stereocenters. The number of anilines is 1. The predicted octanol–water partition coefficient (Wildman–Crippen LogP) is 3.76. The van der Waals surface area contributed by atoms with E-state index in [0.717, 1.165) is 53.3 Å². The lowest BCUT2D eigenvalue weighted by molar-refractivity contribution is 0.483. The normalized spacial score (nSPS) is 16.5. The lowest BCUT2D eigenvalue weighted by atomic mass is 10.1. The molecule has 1 atom stereocenters. The Morgan fingerprint density at radius 1 is 1.10 bits per heavy atom. The molecule has 0 radical (unpaired) electrons. The molecular weight excluding hydrogens is 372 g/mol. The van der Waals surface area contributed by atoms with Crippen LogP contribution in [0.4, 0.5) is 5.82 Å². The zero-order valence-corrected chi connectivity index (χ0v) is 16.8. The molecule has 5 rings (SSSR count). The van der Waals surface area contributed by atoms with Gasteiger partial charge in [-0.3, -0.25) is 0 Å². The number of hydrogen-bond acceptors (Lipinski definition) is 5. The largest absolute Gasteiger partial charge is 0.353 e. The summed E-state index contributed by atoms with van der Waals surface area (Å²) >= 11 is 0. The molecule has 2 aromatic heterocycles. The molecule has 6 heteroatoms. The highest BCUT2D eigenvalue weighted by Crippen LogP contribution is 2.37. The summed E-state index contributed by atoms with van der Waals surface area (Å²) in [6.45, 7) is 4.93. The number of fused-ring (bicyclic) bond motifs is 1. The molecule has 1 N–H and O–H groups in total. The van der Waals surface area contributed by atoms with Gasteiger partial charge in [0, 0.05) is 43.1 Å². The summed E-state index contributed by atoms with van der Waals surface area (Å²) in [7, 11) is 0. The summed E-state index contributed by atoms with van der Waals surface area (Å²) in [5.74, 6) is 0.961. The molecule has 1 saturated heterocycles. The minimum absolute atomic E-state index is 0.401. The summed E-state index contributed by atoms with van der Waals surface area (Å²) in [6, 6.07) is 20.6. The van der Waals surface area contributed by atoms with Gasteiger partial charge in [0.1, 0.15) is 12.1 Å². The fourth-order valence-electron chi connectivity index (χ4n) is 4.17. The van der Waals surface area contributed by atoms with Crippen molar-refractivity contribution in [3.8, 4) is 22.9 Å². The second-order valence-corrected chi connectivity index (χ2v) is 7.64. The number of benzene rings is 2. The van der Waals surface area contributed by atoms with Gasteiger partial charge in [0.2, 0.25) is 0 Å². The predicted molar refractivity (Wildman–Crippen MR) is 119 cm³/mol. The molecule has 1 fully saturated rings. The number of nitrogens with zero attached hydrogens (tertiary/aromatic N) is 5. The maximum Gasteiger partial charge on any atom is 0.150 e. The third-order valence-corrected chi connectivity index (χ3v) is 5.57. The molecule has 4 aromatic rings. The Morgan fingerprint density at radius 3 is 2.77 bits per heavy atom. The van der Waals surface area contributed by atoms with Crippen molar-refractivity contribution in [2.24, 2.45) is 0 Å². The average molecular weight is 394 g/mol. The Bertz CT molecular complexity index is 1240. The van der Waals surface area contributed by atoms with Crippen LogP contribution in [-0.4, -0.2) is 40.2 Å². The van der Waals surface area contributed by atoms with Crippen LogP contribution in [-0.2, 0) is 0 Å². The maximum absolute atomic E-state index is 9.35. The molecule has 148 valence electrons. The first kappa shape index (κ1) is 18.3. The van der Waals surface area contributed by atoms with Crippen LogP contribution in [0.1, 0.15) is 12.5 Å². The zero-order chi connectivity index (χ0) is 20.5. The van der Waals surface area contributed by atoms with Gasteiger partial charge in [-0.2, -0.15) is 5.26 Å². The van der Waals surface area contributed by atoms with E-state index < -0.39 is 0 Å². The van der Waals surface area contributed by atoms with E-state index in [4.69, 9.17) is 4.98 Å². The Balaban J connectivity index is 1.77. The minimum atomic E-state index is 0.401. The third-order valence-electron chi connectivity index (χ3n) is 5.57. The van der Waals surface area contributed by atoms with E-state index in [9.17, 15) is 5.26 Å². The quantitative estimate of drug-likeness (QED) is 0.573. The zero-order valence-electron chi connectivity index (χ0n) is 16.8. The van der Waals surface area contributed by atoms with Crippen molar-refractivity contribution in [1.82, 2.24) is 19.9 Å². The number of aromatic nitrogens is 3. The van der Waals surface area contributed by atoms with E-state index in [1.54, 1.807) is 6.33 Å². The van der Waals surface area contributed by atoms with Crippen LogP contribution in [0.2, 0.25) is 0 Å². The molecule has 6 nitrogen and oxygen atoms in total. The molecule has 0 spiro atoms. The number of nitriles is 1. The van der Waals surface area contributed by atoms with Gasteiger partial charge in [0.05, 0.1) is 17.0 Å². The van der Waals surface area contributed by atoms with E-state index in [2.05, 4.69) is 51.1 Å². The average Bonchev–Trinajstić information content (AvgIpc) is 3.20. The molecule has 2 aromatic carbocycles. The molecule has 1 aliphatic rings. The third kappa shape index (κ3) is 3.19. The molecule has 0 aliphatic carbocycles. The van der Waals surface area contributed by atoms with E-state index in [-0.39, 0.29) is 0 Å². The van der Waals surface area contributed by atoms with Crippen molar-refractivity contribution in [2.75, 3.05) is 24.5 Å². The number of nitrogens with one attached hydrogen (secondary N) is 1. The van der Waals surface area contributed by atoms with Gasteiger partial charge < -0.3 is 14.8 Å². The maximum atomic E-state index is 9.35. The van der Waals surface area contributed by atoms with Crippen molar-refractivity contribution in [3.63, 3.8) is 0 Å². The standard InChI is InChI=1S/C24H22N6/c1-17-14-29(11-10-26-17)23-22-21(19-7-3-2-4-8-19)15-30(24(22)28-16-27-23)20-9-5-6-18(12-20)13-25/h2-9,12,15-17,26H,10-11,14H2,1H3. The van der Waals surface area contributed by atoms with E-state index >= 15 is 0 Å². The summed E-state index contributed by atoms with van der Waals surface area (Å²) in [6.07, 6.45) is 3.75. The van der Waals surface area contributed by atoms with Gasteiger partial charge in [-0.15, -0.1) is 0 Å². The molecule has 3 heterocycles.